The fourth-order valence-electron chi connectivity index (χ4n) is 4.98. The van der Waals surface area contributed by atoms with E-state index in [0.717, 1.165) is 59.6 Å². The average molecular weight is 546 g/mol. The number of nitrogens with one attached hydrogen (secondary N) is 1. The number of amides is 1. The van der Waals surface area contributed by atoms with Crippen LogP contribution < -0.4 is 19.9 Å². The molecular formula is C33H31N5O3. The molecule has 0 unspecified atom stereocenters. The second kappa shape index (κ2) is 11.7. The van der Waals surface area contributed by atoms with Crippen LogP contribution in [0.1, 0.15) is 11.1 Å². The van der Waals surface area contributed by atoms with E-state index in [-0.39, 0.29) is 0 Å². The van der Waals surface area contributed by atoms with Gasteiger partial charge in [-0.3, -0.25) is 0 Å². The third-order valence-electron chi connectivity index (χ3n) is 7.14. The number of hydrogen-bond acceptors (Lipinski definition) is 7. The van der Waals surface area contributed by atoms with Crippen LogP contribution >= 0.6 is 0 Å². The number of para-hydroxylation sites is 1. The number of aromatic nitrogens is 2. The number of nitrogens with zero attached hydrogens (tertiary/aromatic N) is 4. The lowest BCUT2D eigenvalue weighted by atomic mass is 10.1. The number of anilines is 5. The van der Waals surface area contributed by atoms with Crippen LogP contribution in [-0.2, 0) is 4.74 Å². The molecule has 0 aliphatic carbocycles. The summed E-state index contributed by atoms with van der Waals surface area (Å²) in [6.07, 6.45) is 1.07. The highest BCUT2D eigenvalue weighted by atomic mass is 16.6. The molecule has 0 atom stereocenters. The van der Waals surface area contributed by atoms with Crippen molar-refractivity contribution < 1.29 is 14.3 Å². The molecule has 8 heteroatoms. The first kappa shape index (κ1) is 26.3. The molecule has 1 N–H and O–H groups in total. The number of ether oxygens (including phenoxy) is 2. The Balaban J connectivity index is 1.31. The quantitative estimate of drug-likeness (QED) is 0.242. The number of benzene rings is 4. The van der Waals surface area contributed by atoms with E-state index in [0.29, 0.717) is 23.2 Å². The molecule has 1 aliphatic rings. The van der Waals surface area contributed by atoms with E-state index < -0.39 is 6.09 Å². The molecule has 4 aromatic carbocycles. The molecule has 1 fully saturated rings. The first-order valence-corrected chi connectivity index (χ1v) is 13.6. The molecule has 0 spiro atoms. The third kappa shape index (κ3) is 5.83. The Morgan fingerprint density at radius 3 is 2.37 bits per heavy atom. The molecule has 1 aromatic heterocycles. The summed E-state index contributed by atoms with van der Waals surface area (Å²) in [5.74, 6) is 1.29. The highest BCUT2D eigenvalue weighted by Gasteiger charge is 2.24. The minimum Gasteiger partial charge on any atom is -0.409 e. The number of morpholine rings is 1. The van der Waals surface area contributed by atoms with Gasteiger partial charge < -0.3 is 19.7 Å². The number of carbonyl (C=O) groups is 1. The zero-order chi connectivity index (χ0) is 28.2. The second-order valence-electron chi connectivity index (χ2n) is 9.97. The van der Waals surface area contributed by atoms with Gasteiger partial charge in [-0.05, 0) is 72.1 Å². The molecule has 41 heavy (non-hydrogen) atoms. The summed E-state index contributed by atoms with van der Waals surface area (Å²) in [5, 5.41) is 5.35. The van der Waals surface area contributed by atoms with Crippen LogP contribution in [0.5, 0.6) is 5.75 Å². The van der Waals surface area contributed by atoms with E-state index in [1.807, 2.05) is 86.6 Å². The summed E-state index contributed by atoms with van der Waals surface area (Å²) in [6, 6.07) is 29.5. The molecule has 0 bridgehead atoms. The standard InChI is InChI=1S/C33H31N5O3/c1-23-6-5-7-24(2)31(23)41-33(39)38(29-13-10-25-8-3-4-9-26(25)22-29)30-16-17-34-32(36-30)35-27-11-14-28(15-12-27)37-18-20-40-21-19-37/h3-17,22H,18-21H2,1-2H3,(H,34,35,36). The largest absolute Gasteiger partial charge is 0.425 e. The average Bonchev–Trinajstić information content (AvgIpc) is 3.00. The monoisotopic (exact) mass is 545 g/mol. The Morgan fingerprint density at radius 1 is 0.878 bits per heavy atom. The molecule has 1 amide bonds. The van der Waals surface area contributed by atoms with Crippen molar-refractivity contribution in [1.29, 1.82) is 0 Å². The van der Waals surface area contributed by atoms with Gasteiger partial charge in [-0.1, -0.05) is 48.5 Å². The minimum atomic E-state index is -0.558. The zero-order valence-corrected chi connectivity index (χ0v) is 23.1. The van der Waals surface area contributed by atoms with Crippen molar-refractivity contribution >= 4 is 45.7 Å². The number of fused-ring (bicyclic) bond motifs is 1. The Labute approximate surface area is 239 Å². The fraction of sp³-hybridized carbons (Fsp3) is 0.182. The van der Waals surface area contributed by atoms with Crippen molar-refractivity contribution in [1.82, 2.24) is 9.97 Å². The van der Waals surface area contributed by atoms with E-state index in [9.17, 15) is 4.79 Å². The minimum absolute atomic E-state index is 0.368. The van der Waals surface area contributed by atoms with E-state index in [2.05, 4.69) is 27.3 Å². The summed E-state index contributed by atoms with van der Waals surface area (Å²) in [4.78, 5) is 26.7. The van der Waals surface area contributed by atoms with E-state index >= 15 is 0 Å². The molecule has 8 nitrogen and oxygen atoms in total. The van der Waals surface area contributed by atoms with Crippen molar-refractivity contribution in [2.75, 3.05) is 41.4 Å². The summed E-state index contributed by atoms with van der Waals surface area (Å²) in [6.45, 7) is 7.07. The Hall–Kier alpha value is -4.95. The van der Waals surface area contributed by atoms with E-state index in [4.69, 9.17) is 14.5 Å². The summed E-state index contributed by atoms with van der Waals surface area (Å²) in [7, 11) is 0. The van der Waals surface area contributed by atoms with E-state index in [1.165, 1.54) is 4.90 Å². The summed E-state index contributed by atoms with van der Waals surface area (Å²) in [5.41, 5.74) is 4.38. The van der Waals surface area contributed by atoms with Gasteiger partial charge in [0.15, 0.2) is 0 Å². The van der Waals surface area contributed by atoms with Gasteiger partial charge >= 0.3 is 6.09 Å². The Morgan fingerprint density at radius 2 is 1.61 bits per heavy atom. The lowest BCUT2D eigenvalue weighted by Crippen LogP contribution is -2.36. The van der Waals surface area contributed by atoms with Crippen LogP contribution in [0.2, 0.25) is 0 Å². The van der Waals surface area contributed by atoms with Gasteiger partial charge in [-0.2, -0.15) is 4.98 Å². The smallest absolute Gasteiger partial charge is 0.409 e. The predicted octanol–water partition coefficient (Wildman–Crippen LogP) is 7.16. The zero-order valence-electron chi connectivity index (χ0n) is 23.1. The van der Waals surface area contributed by atoms with Crippen LogP contribution in [0.4, 0.5) is 33.6 Å². The van der Waals surface area contributed by atoms with Gasteiger partial charge in [-0.25, -0.2) is 14.7 Å². The topological polar surface area (TPSA) is 79.8 Å². The van der Waals surface area contributed by atoms with Crippen molar-refractivity contribution in [3.8, 4) is 5.75 Å². The van der Waals surface area contributed by atoms with Crippen LogP contribution in [0.25, 0.3) is 10.8 Å². The fourth-order valence-corrected chi connectivity index (χ4v) is 4.98. The number of carbonyl (C=O) groups excluding carboxylic acids is 1. The number of aryl methyl sites for hydroxylation is 2. The first-order valence-electron chi connectivity index (χ1n) is 13.6. The highest BCUT2D eigenvalue weighted by molar-refractivity contribution is 5.99. The maximum Gasteiger partial charge on any atom is 0.425 e. The van der Waals surface area contributed by atoms with Crippen molar-refractivity contribution in [2.45, 2.75) is 13.8 Å². The summed E-state index contributed by atoms with van der Waals surface area (Å²) < 4.78 is 11.4. The maximum absolute atomic E-state index is 13.8. The molecular weight excluding hydrogens is 514 g/mol. The van der Waals surface area contributed by atoms with E-state index in [1.54, 1.807) is 12.3 Å². The molecule has 5 aromatic rings. The molecule has 1 aliphatic heterocycles. The lowest BCUT2D eigenvalue weighted by Gasteiger charge is -2.28. The van der Waals surface area contributed by atoms with Crippen LogP contribution in [0.15, 0.2) is 97.2 Å². The maximum atomic E-state index is 13.8. The van der Waals surface area contributed by atoms with Gasteiger partial charge in [0.05, 0.1) is 18.9 Å². The normalized spacial score (nSPS) is 13.2. The molecule has 1 saturated heterocycles. The van der Waals surface area contributed by atoms with Gasteiger partial charge in [0.25, 0.3) is 0 Å². The van der Waals surface area contributed by atoms with Crippen molar-refractivity contribution in [3.05, 3.63) is 108 Å². The Kier molecular flexibility index (Phi) is 7.47. The highest BCUT2D eigenvalue weighted by Crippen LogP contribution is 2.31. The molecule has 0 saturated carbocycles. The number of rotatable bonds is 6. The lowest BCUT2D eigenvalue weighted by molar-refractivity contribution is 0.122. The number of hydrogen-bond donors (Lipinski definition) is 1. The van der Waals surface area contributed by atoms with Crippen molar-refractivity contribution in [3.63, 3.8) is 0 Å². The molecule has 206 valence electrons. The van der Waals surface area contributed by atoms with Gasteiger partial charge in [0.1, 0.15) is 11.6 Å². The van der Waals surface area contributed by atoms with Gasteiger partial charge in [0, 0.05) is 36.7 Å². The third-order valence-corrected chi connectivity index (χ3v) is 7.14. The molecule has 2 heterocycles. The molecule has 0 radical (unpaired) electrons. The molecule has 6 rings (SSSR count). The second-order valence-corrected chi connectivity index (χ2v) is 9.97. The van der Waals surface area contributed by atoms with Gasteiger partial charge in [-0.15, -0.1) is 0 Å². The van der Waals surface area contributed by atoms with Crippen LogP contribution in [0, 0.1) is 13.8 Å². The van der Waals surface area contributed by atoms with Crippen LogP contribution in [-0.4, -0.2) is 42.4 Å². The predicted molar refractivity (Wildman–Crippen MR) is 163 cm³/mol. The first-order chi connectivity index (χ1) is 20.0. The van der Waals surface area contributed by atoms with Crippen molar-refractivity contribution in [2.24, 2.45) is 0 Å². The van der Waals surface area contributed by atoms with Gasteiger partial charge in [0.2, 0.25) is 5.95 Å². The van der Waals surface area contributed by atoms with Crippen LogP contribution in [0.3, 0.4) is 0 Å². The SMILES string of the molecule is Cc1cccc(C)c1OC(=O)N(c1ccc2ccccc2c1)c1ccnc(Nc2ccc(N3CCOCC3)cc2)n1. The summed E-state index contributed by atoms with van der Waals surface area (Å²) >= 11 is 0. The Bertz CT molecular complexity index is 1660.